The van der Waals surface area contributed by atoms with Gasteiger partial charge in [-0.25, -0.2) is 4.79 Å². The molecule has 2 N–H and O–H groups in total. The van der Waals surface area contributed by atoms with Crippen molar-refractivity contribution in [1.82, 2.24) is 4.90 Å². The van der Waals surface area contributed by atoms with Gasteiger partial charge in [-0.2, -0.15) is 0 Å². The first-order chi connectivity index (χ1) is 9.08. The monoisotopic (exact) mass is 264 g/mol. The number of carbonyl (C=O) groups is 2. The number of carboxylic acid groups (broad SMARTS) is 1. The van der Waals surface area contributed by atoms with Gasteiger partial charge in [-0.1, -0.05) is 0 Å². The van der Waals surface area contributed by atoms with Crippen molar-refractivity contribution >= 4 is 17.7 Å². The summed E-state index contributed by atoms with van der Waals surface area (Å²) in [5, 5.41) is 11.4. The van der Waals surface area contributed by atoms with Gasteiger partial charge in [-0.05, 0) is 24.3 Å². The van der Waals surface area contributed by atoms with Crippen molar-refractivity contribution in [3.8, 4) is 5.75 Å². The van der Waals surface area contributed by atoms with Crippen LogP contribution in [0.5, 0.6) is 5.75 Å². The van der Waals surface area contributed by atoms with E-state index in [0.29, 0.717) is 18.8 Å². The summed E-state index contributed by atoms with van der Waals surface area (Å²) in [5.41, 5.74) is 0.687. The molecule has 0 radical (unpaired) electrons. The Balaban J connectivity index is 1.80. The van der Waals surface area contributed by atoms with Crippen LogP contribution in [-0.4, -0.2) is 42.2 Å². The molecule has 0 aromatic heterocycles. The molecule has 1 saturated heterocycles. The number of anilines is 1. The number of methoxy groups -OCH3 is 1. The lowest BCUT2D eigenvalue weighted by Gasteiger charge is -2.38. The lowest BCUT2D eigenvalue weighted by Crippen LogP contribution is -2.52. The van der Waals surface area contributed by atoms with Crippen LogP contribution in [0.2, 0.25) is 0 Å². The Morgan fingerprint density at radius 3 is 2.53 bits per heavy atom. The van der Waals surface area contributed by atoms with Crippen LogP contribution in [-0.2, 0) is 4.79 Å². The number of amides is 2. The highest BCUT2D eigenvalue weighted by atomic mass is 16.5. The fraction of sp³-hybridized carbons (Fsp3) is 0.385. The number of carboxylic acids is 1. The number of benzene rings is 1. The van der Waals surface area contributed by atoms with Crippen LogP contribution < -0.4 is 10.1 Å². The third-order valence-corrected chi connectivity index (χ3v) is 3.05. The van der Waals surface area contributed by atoms with Gasteiger partial charge in [0.1, 0.15) is 5.75 Å². The van der Waals surface area contributed by atoms with Crippen molar-refractivity contribution in [3.05, 3.63) is 24.3 Å². The molecule has 0 spiro atoms. The Labute approximate surface area is 111 Å². The molecule has 0 unspecified atom stereocenters. The summed E-state index contributed by atoms with van der Waals surface area (Å²) in [6.07, 6.45) is 0.117. The molecule has 6 heteroatoms. The van der Waals surface area contributed by atoms with E-state index in [4.69, 9.17) is 9.84 Å². The van der Waals surface area contributed by atoms with Crippen LogP contribution in [0.1, 0.15) is 6.42 Å². The molecule has 1 aromatic carbocycles. The number of nitrogens with one attached hydrogen (secondary N) is 1. The van der Waals surface area contributed by atoms with E-state index in [2.05, 4.69) is 5.32 Å². The Hall–Kier alpha value is -2.24. The van der Waals surface area contributed by atoms with Crippen LogP contribution in [0.3, 0.4) is 0 Å². The first-order valence-electron chi connectivity index (χ1n) is 6.00. The van der Waals surface area contributed by atoms with Crippen molar-refractivity contribution in [3.63, 3.8) is 0 Å². The van der Waals surface area contributed by atoms with Gasteiger partial charge in [0.05, 0.1) is 13.5 Å². The minimum Gasteiger partial charge on any atom is -0.497 e. The largest absolute Gasteiger partial charge is 0.497 e. The Morgan fingerprint density at radius 2 is 2.00 bits per heavy atom. The summed E-state index contributed by atoms with van der Waals surface area (Å²) in [4.78, 5) is 23.9. The Morgan fingerprint density at radius 1 is 1.37 bits per heavy atom. The number of hydrogen-bond acceptors (Lipinski definition) is 3. The summed E-state index contributed by atoms with van der Waals surface area (Å²) in [6, 6.07) is 6.83. The standard InChI is InChI=1S/C13H16N2O4/c1-19-11-4-2-10(3-5-11)14-13(18)15-7-9(8-15)6-12(16)17/h2-5,9H,6-8H2,1H3,(H,14,18)(H,16,17). The fourth-order valence-corrected chi connectivity index (χ4v) is 1.99. The number of carbonyl (C=O) groups excluding carboxylic acids is 1. The topological polar surface area (TPSA) is 78.9 Å². The smallest absolute Gasteiger partial charge is 0.321 e. The molecule has 1 fully saturated rings. The number of rotatable bonds is 4. The Bertz CT molecular complexity index is 466. The fourth-order valence-electron chi connectivity index (χ4n) is 1.99. The van der Waals surface area contributed by atoms with E-state index in [1.165, 1.54) is 0 Å². The number of likely N-dealkylation sites (tertiary alicyclic amines) is 1. The second kappa shape index (κ2) is 5.60. The molecular weight excluding hydrogens is 248 g/mol. The minimum atomic E-state index is -0.819. The van der Waals surface area contributed by atoms with E-state index in [1.54, 1.807) is 36.3 Å². The molecule has 0 bridgehead atoms. The van der Waals surface area contributed by atoms with Gasteiger partial charge in [-0.15, -0.1) is 0 Å². The molecule has 19 heavy (non-hydrogen) atoms. The lowest BCUT2D eigenvalue weighted by molar-refractivity contribution is -0.139. The highest BCUT2D eigenvalue weighted by Crippen LogP contribution is 2.21. The van der Waals surface area contributed by atoms with E-state index in [-0.39, 0.29) is 18.4 Å². The van der Waals surface area contributed by atoms with Crippen LogP contribution in [0.4, 0.5) is 10.5 Å². The van der Waals surface area contributed by atoms with Crippen LogP contribution >= 0.6 is 0 Å². The second-order valence-electron chi connectivity index (χ2n) is 4.53. The second-order valence-corrected chi connectivity index (χ2v) is 4.53. The maximum Gasteiger partial charge on any atom is 0.321 e. The van der Waals surface area contributed by atoms with Gasteiger partial charge in [0.15, 0.2) is 0 Å². The Kier molecular flexibility index (Phi) is 3.89. The van der Waals surface area contributed by atoms with E-state index in [9.17, 15) is 9.59 Å². The summed E-state index contributed by atoms with van der Waals surface area (Å²) < 4.78 is 5.03. The van der Waals surface area contributed by atoms with Crippen molar-refractivity contribution in [2.24, 2.45) is 5.92 Å². The summed E-state index contributed by atoms with van der Waals surface area (Å²) in [7, 11) is 1.58. The molecule has 0 aliphatic carbocycles. The van der Waals surface area contributed by atoms with Crippen LogP contribution in [0.15, 0.2) is 24.3 Å². The SMILES string of the molecule is COc1ccc(NC(=O)N2CC(CC(=O)O)C2)cc1. The zero-order valence-electron chi connectivity index (χ0n) is 10.6. The molecule has 6 nitrogen and oxygen atoms in total. The highest BCUT2D eigenvalue weighted by molar-refractivity contribution is 5.90. The normalized spacial score (nSPS) is 14.7. The maximum atomic E-state index is 11.8. The molecule has 102 valence electrons. The zero-order chi connectivity index (χ0) is 13.8. The molecule has 2 amide bonds. The highest BCUT2D eigenvalue weighted by Gasteiger charge is 2.31. The average molecular weight is 264 g/mol. The van der Waals surface area contributed by atoms with E-state index in [1.807, 2.05) is 0 Å². The number of urea groups is 1. The first kappa shape index (κ1) is 13.2. The summed E-state index contributed by atoms with van der Waals surface area (Å²) >= 11 is 0. The molecular formula is C13H16N2O4. The van der Waals surface area contributed by atoms with Crippen molar-refractivity contribution < 1.29 is 19.4 Å². The third kappa shape index (κ3) is 3.37. The lowest BCUT2D eigenvalue weighted by atomic mass is 9.97. The van der Waals surface area contributed by atoms with Crippen molar-refractivity contribution in [1.29, 1.82) is 0 Å². The van der Waals surface area contributed by atoms with Gasteiger partial charge in [0, 0.05) is 24.7 Å². The molecule has 2 rings (SSSR count). The van der Waals surface area contributed by atoms with Gasteiger partial charge in [0.25, 0.3) is 0 Å². The first-order valence-corrected chi connectivity index (χ1v) is 6.00. The van der Waals surface area contributed by atoms with Crippen molar-refractivity contribution in [2.75, 3.05) is 25.5 Å². The van der Waals surface area contributed by atoms with Gasteiger partial charge in [0.2, 0.25) is 0 Å². The number of nitrogens with zero attached hydrogens (tertiary/aromatic N) is 1. The quantitative estimate of drug-likeness (QED) is 0.866. The van der Waals surface area contributed by atoms with Gasteiger partial charge < -0.3 is 20.1 Å². The summed E-state index contributed by atoms with van der Waals surface area (Å²) in [6.45, 7) is 0.989. The molecule has 0 atom stereocenters. The van der Waals surface area contributed by atoms with Gasteiger partial charge >= 0.3 is 12.0 Å². The van der Waals surface area contributed by atoms with Crippen molar-refractivity contribution in [2.45, 2.75) is 6.42 Å². The van der Waals surface area contributed by atoms with E-state index < -0.39 is 5.97 Å². The average Bonchev–Trinajstić information content (AvgIpc) is 2.33. The predicted molar refractivity (Wildman–Crippen MR) is 69.3 cm³/mol. The van der Waals surface area contributed by atoms with E-state index in [0.717, 1.165) is 5.75 Å². The molecule has 1 aromatic rings. The minimum absolute atomic E-state index is 0.0686. The van der Waals surface area contributed by atoms with Crippen LogP contribution in [0, 0.1) is 5.92 Å². The number of hydrogen-bond donors (Lipinski definition) is 2. The zero-order valence-corrected chi connectivity index (χ0v) is 10.6. The molecule has 1 aliphatic rings. The summed E-state index contributed by atoms with van der Waals surface area (Å²) in [5.74, 6) is -0.0252. The molecule has 0 saturated carbocycles. The molecule has 1 heterocycles. The number of aliphatic carboxylic acids is 1. The molecule has 1 aliphatic heterocycles. The van der Waals surface area contributed by atoms with Gasteiger partial charge in [-0.3, -0.25) is 4.79 Å². The maximum absolute atomic E-state index is 11.8. The number of ether oxygens (including phenoxy) is 1. The predicted octanol–water partition coefficient (Wildman–Crippen LogP) is 1.63. The third-order valence-electron chi connectivity index (χ3n) is 3.05. The van der Waals surface area contributed by atoms with Crippen LogP contribution in [0.25, 0.3) is 0 Å². The van der Waals surface area contributed by atoms with E-state index >= 15 is 0 Å².